The molecule has 0 aliphatic rings. The molecule has 0 saturated carbocycles. The molecule has 0 fully saturated rings. The van der Waals surface area contributed by atoms with E-state index >= 15 is 0 Å². The van der Waals surface area contributed by atoms with Gasteiger partial charge in [-0.25, -0.2) is 0 Å². The molecular formula is C17H18BrNO2. The Kier molecular flexibility index (Phi) is 5.39. The predicted octanol–water partition coefficient (Wildman–Crippen LogP) is 4.34. The van der Waals surface area contributed by atoms with Gasteiger partial charge in [0.1, 0.15) is 5.75 Å². The van der Waals surface area contributed by atoms with Gasteiger partial charge in [0.2, 0.25) is 5.91 Å². The molecule has 0 heterocycles. The van der Waals surface area contributed by atoms with Crippen LogP contribution >= 0.6 is 15.9 Å². The van der Waals surface area contributed by atoms with Crippen LogP contribution in [0.25, 0.3) is 0 Å². The van der Waals surface area contributed by atoms with E-state index in [9.17, 15) is 4.79 Å². The predicted molar refractivity (Wildman–Crippen MR) is 88.8 cm³/mol. The standard InChI is InChI=1S/C17H18BrNO2/c1-3-21-14-7-5-13(6-8-14)11-17(20)19-16-9-4-12(2)10-15(16)18/h4-10H,3,11H2,1-2H3,(H,19,20). The van der Waals surface area contributed by atoms with E-state index in [1.165, 1.54) is 0 Å². The molecule has 0 spiro atoms. The van der Waals surface area contributed by atoms with Crippen LogP contribution in [0, 0.1) is 6.92 Å². The van der Waals surface area contributed by atoms with Crippen LogP contribution in [0.4, 0.5) is 5.69 Å². The van der Waals surface area contributed by atoms with Crippen molar-refractivity contribution in [2.24, 2.45) is 0 Å². The van der Waals surface area contributed by atoms with E-state index in [-0.39, 0.29) is 5.91 Å². The van der Waals surface area contributed by atoms with Gasteiger partial charge in [-0.05, 0) is 65.2 Å². The average Bonchev–Trinajstić information content (AvgIpc) is 2.44. The molecule has 0 aromatic heterocycles. The van der Waals surface area contributed by atoms with Crippen molar-refractivity contribution in [3.05, 3.63) is 58.1 Å². The number of hydrogen-bond acceptors (Lipinski definition) is 2. The number of carbonyl (C=O) groups excluding carboxylic acids is 1. The Morgan fingerprint density at radius 3 is 2.52 bits per heavy atom. The molecule has 3 nitrogen and oxygen atoms in total. The molecular weight excluding hydrogens is 330 g/mol. The Morgan fingerprint density at radius 2 is 1.90 bits per heavy atom. The smallest absolute Gasteiger partial charge is 0.228 e. The summed E-state index contributed by atoms with van der Waals surface area (Å²) < 4.78 is 6.27. The highest BCUT2D eigenvalue weighted by Gasteiger charge is 2.07. The molecule has 2 aromatic carbocycles. The molecule has 0 unspecified atom stereocenters. The van der Waals surface area contributed by atoms with Gasteiger partial charge in [0.25, 0.3) is 0 Å². The van der Waals surface area contributed by atoms with Crippen LogP contribution in [-0.4, -0.2) is 12.5 Å². The number of hydrogen-bond donors (Lipinski definition) is 1. The van der Waals surface area contributed by atoms with Crippen molar-refractivity contribution < 1.29 is 9.53 Å². The van der Waals surface area contributed by atoms with E-state index in [1.54, 1.807) is 0 Å². The van der Waals surface area contributed by atoms with Gasteiger partial charge in [0.05, 0.1) is 18.7 Å². The second kappa shape index (κ2) is 7.27. The minimum Gasteiger partial charge on any atom is -0.494 e. The maximum Gasteiger partial charge on any atom is 0.228 e. The third kappa shape index (κ3) is 4.60. The zero-order valence-corrected chi connectivity index (χ0v) is 13.7. The fraction of sp³-hybridized carbons (Fsp3) is 0.235. The lowest BCUT2D eigenvalue weighted by Crippen LogP contribution is -2.14. The molecule has 0 aliphatic carbocycles. The molecule has 1 amide bonds. The molecule has 4 heteroatoms. The molecule has 0 aliphatic heterocycles. The molecule has 0 radical (unpaired) electrons. The number of amides is 1. The van der Waals surface area contributed by atoms with E-state index in [4.69, 9.17) is 4.74 Å². The minimum absolute atomic E-state index is 0.0382. The molecule has 0 saturated heterocycles. The summed E-state index contributed by atoms with van der Waals surface area (Å²) in [5.41, 5.74) is 2.89. The van der Waals surface area contributed by atoms with Crippen molar-refractivity contribution in [2.75, 3.05) is 11.9 Å². The van der Waals surface area contributed by atoms with Crippen LogP contribution in [0.15, 0.2) is 46.9 Å². The average molecular weight is 348 g/mol. The van der Waals surface area contributed by atoms with Crippen LogP contribution < -0.4 is 10.1 Å². The molecule has 2 rings (SSSR count). The van der Waals surface area contributed by atoms with Gasteiger partial charge in [-0.1, -0.05) is 18.2 Å². The van der Waals surface area contributed by atoms with Crippen LogP contribution in [-0.2, 0) is 11.2 Å². The van der Waals surface area contributed by atoms with Crippen LogP contribution in [0.2, 0.25) is 0 Å². The molecule has 21 heavy (non-hydrogen) atoms. The highest BCUT2D eigenvalue weighted by molar-refractivity contribution is 9.10. The van der Waals surface area contributed by atoms with Crippen molar-refractivity contribution in [3.63, 3.8) is 0 Å². The lowest BCUT2D eigenvalue weighted by atomic mass is 10.1. The Hall–Kier alpha value is -1.81. The third-order valence-electron chi connectivity index (χ3n) is 3.00. The summed E-state index contributed by atoms with van der Waals surface area (Å²) in [5, 5.41) is 2.91. The first-order valence-electron chi connectivity index (χ1n) is 6.86. The lowest BCUT2D eigenvalue weighted by Gasteiger charge is -2.09. The van der Waals surface area contributed by atoms with Crippen LogP contribution in [0.3, 0.4) is 0 Å². The Balaban J connectivity index is 1.98. The van der Waals surface area contributed by atoms with Gasteiger partial charge in [-0.3, -0.25) is 4.79 Å². The normalized spacial score (nSPS) is 10.2. The van der Waals surface area contributed by atoms with E-state index in [0.717, 1.165) is 27.0 Å². The van der Waals surface area contributed by atoms with E-state index in [0.29, 0.717) is 13.0 Å². The first-order valence-corrected chi connectivity index (χ1v) is 7.65. The van der Waals surface area contributed by atoms with Gasteiger partial charge in [0, 0.05) is 4.47 Å². The maximum absolute atomic E-state index is 12.1. The Labute approximate surface area is 133 Å². The number of ether oxygens (including phenoxy) is 1. The van der Waals surface area contributed by atoms with Crippen molar-refractivity contribution in [3.8, 4) is 5.75 Å². The fourth-order valence-corrected chi connectivity index (χ4v) is 2.56. The van der Waals surface area contributed by atoms with E-state index < -0.39 is 0 Å². The van der Waals surface area contributed by atoms with Crippen molar-refractivity contribution in [1.29, 1.82) is 0 Å². The third-order valence-corrected chi connectivity index (χ3v) is 3.65. The quantitative estimate of drug-likeness (QED) is 0.873. The van der Waals surface area contributed by atoms with Gasteiger partial charge >= 0.3 is 0 Å². The second-order valence-electron chi connectivity index (χ2n) is 4.79. The van der Waals surface area contributed by atoms with Crippen molar-refractivity contribution in [2.45, 2.75) is 20.3 Å². The molecule has 0 atom stereocenters. The first kappa shape index (κ1) is 15.6. The van der Waals surface area contributed by atoms with Gasteiger partial charge in [-0.2, -0.15) is 0 Å². The summed E-state index contributed by atoms with van der Waals surface area (Å²) in [5.74, 6) is 0.784. The number of rotatable bonds is 5. The minimum atomic E-state index is -0.0382. The number of halogens is 1. The summed E-state index contributed by atoms with van der Waals surface area (Å²) in [4.78, 5) is 12.1. The highest BCUT2D eigenvalue weighted by atomic mass is 79.9. The zero-order valence-electron chi connectivity index (χ0n) is 12.2. The summed E-state index contributed by atoms with van der Waals surface area (Å²) in [6.07, 6.45) is 0.340. The van der Waals surface area contributed by atoms with Crippen LogP contribution in [0.1, 0.15) is 18.1 Å². The van der Waals surface area contributed by atoms with Gasteiger partial charge in [-0.15, -0.1) is 0 Å². The molecule has 1 N–H and O–H groups in total. The van der Waals surface area contributed by atoms with E-state index in [1.807, 2.05) is 56.3 Å². The summed E-state index contributed by atoms with van der Waals surface area (Å²) >= 11 is 3.46. The van der Waals surface area contributed by atoms with E-state index in [2.05, 4.69) is 21.2 Å². The monoisotopic (exact) mass is 347 g/mol. The van der Waals surface area contributed by atoms with Crippen LogP contribution in [0.5, 0.6) is 5.75 Å². The Morgan fingerprint density at radius 1 is 1.19 bits per heavy atom. The SMILES string of the molecule is CCOc1ccc(CC(=O)Nc2ccc(C)cc2Br)cc1. The number of aryl methyl sites for hydroxylation is 1. The zero-order chi connectivity index (χ0) is 15.2. The second-order valence-corrected chi connectivity index (χ2v) is 5.64. The van der Waals surface area contributed by atoms with Gasteiger partial charge in [0.15, 0.2) is 0 Å². The highest BCUT2D eigenvalue weighted by Crippen LogP contribution is 2.23. The van der Waals surface area contributed by atoms with Gasteiger partial charge < -0.3 is 10.1 Å². The number of anilines is 1. The molecule has 110 valence electrons. The molecule has 2 aromatic rings. The molecule has 0 bridgehead atoms. The number of benzene rings is 2. The summed E-state index contributed by atoms with van der Waals surface area (Å²) in [6.45, 7) is 4.60. The summed E-state index contributed by atoms with van der Waals surface area (Å²) in [7, 11) is 0. The van der Waals surface area contributed by atoms with Crippen molar-refractivity contribution >= 4 is 27.5 Å². The topological polar surface area (TPSA) is 38.3 Å². The lowest BCUT2D eigenvalue weighted by molar-refractivity contribution is -0.115. The maximum atomic E-state index is 12.1. The van der Waals surface area contributed by atoms with Crippen molar-refractivity contribution in [1.82, 2.24) is 0 Å². The Bertz CT molecular complexity index is 623. The fourth-order valence-electron chi connectivity index (χ4n) is 1.97. The number of carbonyl (C=O) groups is 1. The summed E-state index contributed by atoms with van der Waals surface area (Å²) in [6, 6.07) is 13.4. The number of nitrogens with one attached hydrogen (secondary N) is 1. The first-order chi connectivity index (χ1) is 10.1. The largest absolute Gasteiger partial charge is 0.494 e.